The van der Waals surface area contributed by atoms with Crippen LogP contribution in [0.1, 0.15) is 13.8 Å². The van der Waals surface area contributed by atoms with E-state index in [9.17, 15) is 17.6 Å². The second-order valence-electron chi connectivity index (χ2n) is 3.83. The number of aromatic hydroxyl groups is 1. The van der Waals surface area contributed by atoms with E-state index in [4.69, 9.17) is 5.11 Å². The molecule has 19 heavy (non-hydrogen) atoms. The molecule has 0 heterocycles. The average molecular weight is 292 g/mol. The summed E-state index contributed by atoms with van der Waals surface area (Å²) >= 11 is 0. The Labute approximate surface area is 109 Å². The number of amides is 1. The minimum absolute atomic E-state index is 0.153. The van der Waals surface area contributed by atoms with Gasteiger partial charge in [0.2, 0.25) is 0 Å². The maximum atomic E-state index is 13.0. The van der Waals surface area contributed by atoms with Crippen LogP contribution in [0.5, 0.6) is 5.75 Å². The third kappa shape index (κ3) is 5.00. The summed E-state index contributed by atoms with van der Waals surface area (Å²) in [6, 6.07) is 2.87. The molecule has 1 aromatic rings. The van der Waals surface area contributed by atoms with Crippen LogP contribution < -0.4 is 9.44 Å². The number of nitrogens with one attached hydrogen (secondary N) is 2. The lowest BCUT2D eigenvalue weighted by molar-refractivity contribution is 0.121. The van der Waals surface area contributed by atoms with Gasteiger partial charge in [-0.2, -0.15) is 8.42 Å². The third-order valence-electron chi connectivity index (χ3n) is 1.76. The molecule has 0 aliphatic heterocycles. The number of anilines is 1. The zero-order chi connectivity index (χ0) is 14.6. The molecule has 1 aromatic carbocycles. The predicted molar refractivity (Wildman–Crippen MR) is 65.4 cm³/mol. The van der Waals surface area contributed by atoms with Crippen molar-refractivity contribution in [2.75, 3.05) is 4.72 Å². The van der Waals surface area contributed by atoms with Crippen LogP contribution in [0.25, 0.3) is 0 Å². The van der Waals surface area contributed by atoms with Gasteiger partial charge in [0.15, 0.2) is 11.6 Å². The molecule has 0 aliphatic rings. The first kappa shape index (κ1) is 15.0. The monoisotopic (exact) mass is 292 g/mol. The molecule has 0 atom stereocenters. The number of carbonyl (C=O) groups is 1. The van der Waals surface area contributed by atoms with Gasteiger partial charge in [-0.3, -0.25) is 4.72 Å². The number of carbonyl (C=O) groups excluding carboxylic acids is 1. The minimum atomic E-state index is -4.23. The second-order valence-corrected chi connectivity index (χ2v) is 5.24. The van der Waals surface area contributed by atoms with E-state index in [2.05, 4.69) is 4.74 Å². The summed E-state index contributed by atoms with van der Waals surface area (Å²) in [5, 5.41) is 8.94. The zero-order valence-corrected chi connectivity index (χ0v) is 11.0. The molecule has 0 radical (unpaired) electrons. The van der Waals surface area contributed by atoms with E-state index < -0.39 is 34.0 Å². The topological polar surface area (TPSA) is 105 Å². The SMILES string of the molecule is CC(C)OC(=O)NS(=O)(=O)Nc1ccc(O)c(F)c1. The van der Waals surface area contributed by atoms with Crippen molar-refractivity contribution in [3.05, 3.63) is 24.0 Å². The van der Waals surface area contributed by atoms with Crippen molar-refractivity contribution in [3.8, 4) is 5.75 Å². The summed E-state index contributed by atoms with van der Waals surface area (Å²) in [7, 11) is -4.23. The Hall–Kier alpha value is -2.03. The summed E-state index contributed by atoms with van der Waals surface area (Å²) in [6.07, 6.45) is -1.64. The fourth-order valence-corrected chi connectivity index (χ4v) is 1.85. The van der Waals surface area contributed by atoms with Crippen molar-refractivity contribution >= 4 is 22.0 Å². The molecule has 0 saturated heterocycles. The zero-order valence-electron chi connectivity index (χ0n) is 10.2. The van der Waals surface area contributed by atoms with Crippen LogP contribution in [-0.2, 0) is 14.9 Å². The lowest BCUT2D eigenvalue weighted by atomic mass is 10.3. The van der Waals surface area contributed by atoms with Crippen LogP contribution in [0.15, 0.2) is 18.2 Å². The van der Waals surface area contributed by atoms with Gasteiger partial charge in [-0.25, -0.2) is 13.9 Å². The minimum Gasteiger partial charge on any atom is -0.505 e. The molecule has 0 spiro atoms. The van der Waals surface area contributed by atoms with E-state index in [0.717, 1.165) is 18.2 Å². The molecule has 0 fully saturated rings. The Balaban J connectivity index is 2.74. The molecule has 0 saturated carbocycles. The number of benzene rings is 1. The molecule has 1 amide bonds. The number of hydrogen-bond acceptors (Lipinski definition) is 5. The fourth-order valence-electron chi connectivity index (χ4n) is 1.10. The van der Waals surface area contributed by atoms with Crippen LogP contribution in [0.4, 0.5) is 14.9 Å². The molecule has 106 valence electrons. The Bertz CT molecular complexity index is 573. The highest BCUT2D eigenvalue weighted by Gasteiger charge is 2.16. The normalized spacial score (nSPS) is 11.2. The Morgan fingerprint density at radius 2 is 2.05 bits per heavy atom. The van der Waals surface area contributed by atoms with E-state index in [1.807, 2.05) is 4.72 Å². The largest absolute Gasteiger partial charge is 0.505 e. The summed E-state index contributed by atoms with van der Waals surface area (Å²) in [5.41, 5.74) is -0.153. The van der Waals surface area contributed by atoms with Gasteiger partial charge in [0.1, 0.15) is 0 Å². The van der Waals surface area contributed by atoms with Crippen molar-refractivity contribution in [1.29, 1.82) is 0 Å². The first-order valence-electron chi connectivity index (χ1n) is 5.19. The molecule has 1 rings (SSSR count). The highest BCUT2D eigenvalue weighted by atomic mass is 32.2. The summed E-state index contributed by atoms with van der Waals surface area (Å²) in [5.74, 6) is -1.61. The number of rotatable bonds is 4. The van der Waals surface area contributed by atoms with Gasteiger partial charge in [0.25, 0.3) is 0 Å². The van der Waals surface area contributed by atoms with Gasteiger partial charge in [-0.1, -0.05) is 0 Å². The first-order chi connectivity index (χ1) is 8.69. The highest BCUT2D eigenvalue weighted by Crippen LogP contribution is 2.19. The summed E-state index contributed by atoms with van der Waals surface area (Å²) in [6.45, 7) is 3.10. The number of hydrogen-bond donors (Lipinski definition) is 3. The number of phenolic OH excluding ortho intramolecular Hbond substituents is 1. The Kier molecular flexibility index (Phi) is 4.54. The van der Waals surface area contributed by atoms with Gasteiger partial charge in [-0.05, 0) is 26.0 Å². The molecule has 7 nitrogen and oxygen atoms in total. The van der Waals surface area contributed by atoms with E-state index in [1.165, 1.54) is 0 Å². The van der Waals surface area contributed by atoms with Crippen LogP contribution in [-0.4, -0.2) is 25.7 Å². The maximum absolute atomic E-state index is 13.0. The van der Waals surface area contributed by atoms with Crippen LogP contribution in [0.3, 0.4) is 0 Å². The standard InChI is InChI=1S/C10H13FN2O5S/c1-6(2)18-10(15)13-19(16,17)12-7-3-4-9(14)8(11)5-7/h3-6,12,14H,1-2H3,(H,13,15). The molecule has 0 bridgehead atoms. The van der Waals surface area contributed by atoms with Gasteiger partial charge in [-0.15, -0.1) is 0 Å². The number of phenols is 1. The predicted octanol–water partition coefficient (Wildman–Crippen LogP) is 1.32. The maximum Gasteiger partial charge on any atom is 0.422 e. The van der Waals surface area contributed by atoms with Gasteiger partial charge < -0.3 is 9.84 Å². The van der Waals surface area contributed by atoms with Gasteiger partial charge in [0.05, 0.1) is 11.8 Å². The Morgan fingerprint density at radius 3 is 2.58 bits per heavy atom. The van der Waals surface area contributed by atoms with Crippen molar-refractivity contribution < 1.29 is 27.4 Å². The Morgan fingerprint density at radius 1 is 1.42 bits per heavy atom. The quantitative estimate of drug-likeness (QED) is 0.726. The molecule has 0 aromatic heterocycles. The van der Waals surface area contributed by atoms with Crippen molar-refractivity contribution in [3.63, 3.8) is 0 Å². The third-order valence-corrected chi connectivity index (χ3v) is 2.70. The smallest absolute Gasteiger partial charge is 0.422 e. The number of ether oxygens (including phenoxy) is 1. The average Bonchev–Trinajstić information content (AvgIpc) is 2.20. The molecular formula is C10H13FN2O5S. The molecular weight excluding hydrogens is 279 g/mol. The van der Waals surface area contributed by atoms with E-state index >= 15 is 0 Å². The fraction of sp³-hybridized carbons (Fsp3) is 0.300. The van der Waals surface area contributed by atoms with Gasteiger partial charge in [0, 0.05) is 6.07 Å². The van der Waals surface area contributed by atoms with Crippen molar-refractivity contribution in [2.24, 2.45) is 0 Å². The van der Waals surface area contributed by atoms with Gasteiger partial charge >= 0.3 is 16.3 Å². The molecule has 3 N–H and O–H groups in total. The number of halogens is 1. The molecule has 0 aliphatic carbocycles. The van der Waals surface area contributed by atoms with Crippen LogP contribution >= 0.6 is 0 Å². The lowest BCUT2D eigenvalue weighted by Gasteiger charge is -2.11. The van der Waals surface area contributed by atoms with E-state index in [1.54, 1.807) is 18.6 Å². The lowest BCUT2D eigenvalue weighted by Crippen LogP contribution is -2.36. The van der Waals surface area contributed by atoms with Crippen molar-refractivity contribution in [1.82, 2.24) is 4.72 Å². The van der Waals surface area contributed by atoms with E-state index in [0.29, 0.717) is 0 Å². The van der Waals surface area contributed by atoms with Crippen molar-refractivity contribution in [2.45, 2.75) is 20.0 Å². The summed E-state index contributed by atoms with van der Waals surface area (Å²) < 4.78 is 44.0. The molecule has 9 heteroatoms. The van der Waals surface area contributed by atoms with Crippen LogP contribution in [0, 0.1) is 5.82 Å². The summed E-state index contributed by atoms with van der Waals surface area (Å²) in [4.78, 5) is 11.1. The van der Waals surface area contributed by atoms with E-state index in [-0.39, 0.29) is 5.69 Å². The molecule has 0 unspecified atom stereocenters. The highest BCUT2D eigenvalue weighted by molar-refractivity contribution is 7.91. The second kappa shape index (κ2) is 5.74. The van der Waals surface area contributed by atoms with Crippen LogP contribution in [0.2, 0.25) is 0 Å². The first-order valence-corrected chi connectivity index (χ1v) is 6.67.